The van der Waals surface area contributed by atoms with Gasteiger partial charge in [0.1, 0.15) is 24.5 Å². The normalized spacial score (nSPS) is 42.0. The van der Waals surface area contributed by atoms with Crippen molar-refractivity contribution in [1.29, 1.82) is 0 Å². The Bertz CT molecular complexity index is 1070. The molecule has 1 aromatic rings. The Morgan fingerprint density at radius 2 is 1.88 bits per heavy atom. The Morgan fingerprint density at radius 3 is 2.65 bits per heavy atom. The predicted molar refractivity (Wildman–Crippen MR) is 154 cm³/mol. The van der Waals surface area contributed by atoms with Crippen molar-refractivity contribution >= 4 is 11.4 Å². The highest BCUT2D eigenvalue weighted by Crippen LogP contribution is 2.46. The highest BCUT2D eigenvalue weighted by atomic mass is 16.6. The first-order valence-corrected chi connectivity index (χ1v) is 15.4. The molecule has 40 heavy (non-hydrogen) atoms. The molecule has 0 aromatic heterocycles. The van der Waals surface area contributed by atoms with Crippen LogP contribution in [-0.2, 0) is 10.2 Å². The Morgan fingerprint density at radius 1 is 1.07 bits per heavy atom. The van der Waals surface area contributed by atoms with Crippen molar-refractivity contribution in [1.82, 2.24) is 25.8 Å². The van der Waals surface area contributed by atoms with Crippen LogP contribution < -0.4 is 32.3 Å². The Balaban J connectivity index is 0.854. The summed E-state index contributed by atoms with van der Waals surface area (Å²) >= 11 is 0. The summed E-state index contributed by atoms with van der Waals surface area (Å²) in [6.45, 7) is 4.15. The molecule has 0 radical (unpaired) electrons. The topological polar surface area (TPSA) is 142 Å². The number of nitrogens with two attached hydrogens (primary N) is 1. The van der Waals surface area contributed by atoms with E-state index < -0.39 is 24.5 Å². The average molecular weight is 557 g/mol. The van der Waals surface area contributed by atoms with E-state index >= 15 is 0 Å². The lowest BCUT2D eigenvalue weighted by Crippen LogP contribution is -2.68. The summed E-state index contributed by atoms with van der Waals surface area (Å²) in [6.07, 6.45) is 5.84. The first kappa shape index (κ1) is 27.3. The molecule has 9 N–H and O–H groups in total. The van der Waals surface area contributed by atoms with Crippen LogP contribution >= 0.6 is 0 Å². The highest BCUT2D eigenvalue weighted by molar-refractivity contribution is 5.75. The molecule has 7 rings (SSSR count). The van der Waals surface area contributed by atoms with Gasteiger partial charge in [0.15, 0.2) is 0 Å². The molecular weight excluding hydrogens is 508 g/mol. The molecule has 5 unspecified atom stereocenters. The molecule has 6 aliphatic rings. The lowest BCUT2D eigenvalue weighted by molar-refractivity contribution is -0.108. The number of hydrogen-bond acceptors (Lipinski definition) is 11. The smallest absolute Gasteiger partial charge is 0.142 e. The number of rotatable bonds is 8. The van der Waals surface area contributed by atoms with Crippen LogP contribution in [0.3, 0.4) is 0 Å². The number of nitrogens with zero attached hydrogens (tertiary/aromatic N) is 2. The second kappa shape index (κ2) is 10.6. The molecule has 2 aliphatic carbocycles. The van der Waals surface area contributed by atoms with Crippen LogP contribution in [0.2, 0.25) is 0 Å². The summed E-state index contributed by atoms with van der Waals surface area (Å²) in [5.41, 5.74) is 10.5. The lowest BCUT2D eigenvalue weighted by atomic mass is 9.66. The monoisotopic (exact) mass is 556 g/mol. The van der Waals surface area contributed by atoms with Crippen LogP contribution in [-0.4, -0.2) is 102 Å². The molecule has 0 spiro atoms. The van der Waals surface area contributed by atoms with Gasteiger partial charge in [0.25, 0.3) is 0 Å². The predicted octanol–water partition coefficient (Wildman–Crippen LogP) is 0.222. The standard InChI is InChI=1S/C29H48N8O3/c1-29(8-3-9-29)17-5-6-19-20(12-17)35-22(34-19)7-4-16-10-18(11-16)36(2)13-21-24(38)25(39)28(40-21)37-15-33-23-26(30)31-14-32-27(23)37/h5-6,12,16,18,21-28,31-35,38-39H,3-4,7-11,13-15,30H2,1-2H3/t16?,18?,21-,22?,23?,24-,25-,26?,27?,28?/m1/s1. The van der Waals surface area contributed by atoms with Gasteiger partial charge in [0.05, 0.1) is 42.6 Å². The number of likely N-dealkylation sites (N-methyl/N-ethyl adjacent to an activating group) is 1. The summed E-state index contributed by atoms with van der Waals surface area (Å²) in [5, 5.41) is 39.1. The number of benzene rings is 1. The number of fused-ring (bicyclic) bond motifs is 2. The maximum absolute atomic E-state index is 10.9. The summed E-state index contributed by atoms with van der Waals surface area (Å²) in [4.78, 5) is 4.37. The van der Waals surface area contributed by atoms with E-state index in [9.17, 15) is 10.2 Å². The molecule has 4 heterocycles. The first-order valence-electron chi connectivity index (χ1n) is 15.4. The number of nitrogens with one attached hydrogen (secondary N) is 5. The first-order chi connectivity index (χ1) is 19.3. The lowest BCUT2D eigenvalue weighted by Gasteiger charge is -2.42. The van der Waals surface area contributed by atoms with Crippen molar-refractivity contribution in [2.24, 2.45) is 11.7 Å². The van der Waals surface area contributed by atoms with E-state index in [1.165, 1.54) is 55.5 Å². The van der Waals surface area contributed by atoms with Crippen molar-refractivity contribution in [3.63, 3.8) is 0 Å². The molecule has 0 bridgehead atoms. The van der Waals surface area contributed by atoms with Crippen LogP contribution in [0.15, 0.2) is 18.2 Å². The zero-order valence-electron chi connectivity index (χ0n) is 23.9. The van der Waals surface area contributed by atoms with E-state index in [4.69, 9.17) is 10.5 Å². The van der Waals surface area contributed by atoms with E-state index in [0.717, 1.165) is 12.3 Å². The zero-order chi connectivity index (χ0) is 27.6. The quantitative estimate of drug-likeness (QED) is 0.223. The fourth-order valence-electron chi connectivity index (χ4n) is 7.85. The Kier molecular flexibility index (Phi) is 7.25. The molecule has 4 aliphatic heterocycles. The average Bonchev–Trinajstić information content (AvgIpc) is 3.58. The highest BCUT2D eigenvalue weighted by Gasteiger charge is 2.52. The fourth-order valence-corrected chi connectivity index (χ4v) is 7.85. The minimum atomic E-state index is -0.954. The van der Waals surface area contributed by atoms with E-state index in [-0.39, 0.29) is 18.4 Å². The van der Waals surface area contributed by atoms with Gasteiger partial charge in [-0.2, -0.15) is 0 Å². The number of aliphatic hydroxyl groups excluding tert-OH is 2. The van der Waals surface area contributed by atoms with Gasteiger partial charge in [-0.05, 0) is 74.6 Å². The largest absolute Gasteiger partial charge is 0.387 e. The van der Waals surface area contributed by atoms with Gasteiger partial charge in [0, 0.05) is 19.3 Å². The minimum absolute atomic E-state index is 0.0207. The molecule has 5 fully saturated rings. The maximum Gasteiger partial charge on any atom is 0.142 e. The van der Waals surface area contributed by atoms with E-state index in [1.807, 2.05) is 0 Å². The molecular formula is C29H48N8O3. The molecule has 11 heteroatoms. The number of aliphatic hydroxyl groups is 2. The van der Waals surface area contributed by atoms with E-state index in [1.54, 1.807) is 0 Å². The minimum Gasteiger partial charge on any atom is -0.387 e. The molecule has 0 amide bonds. The number of ether oxygens (including phenoxy) is 1. The fraction of sp³-hybridized carbons (Fsp3) is 0.793. The summed E-state index contributed by atoms with van der Waals surface area (Å²) in [6, 6.07) is 7.45. The van der Waals surface area contributed by atoms with Crippen LogP contribution in [0.4, 0.5) is 11.4 Å². The van der Waals surface area contributed by atoms with Gasteiger partial charge in [-0.1, -0.05) is 19.4 Å². The van der Waals surface area contributed by atoms with E-state index in [0.29, 0.717) is 37.5 Å². The van der Waals surface area contributed by atoms with Gasteiger partial charge >= 0.3 is 0 Å². The van der Waals surface area contributed by atoms with Crippen molar-refractivity contribution in [2.75, 3.05) is 37.6 Å². The third-order valence-corrected chi connectivity index (χ3v) is 10.9. The summed E-state index contributed by atoms with van der Waals surface area (Å²) < 4.78 is 6.28. The SMILES string of the molecule is CN(C[C@H]1OC(N2CNC3C(N)NCNC32)[C@H](O)[C@@H]1O)C1CC(CCC2Nc3ccc(C4(C)CCC4)cc3N2)C1. The number of anilines is 2. The van der Waals surface area contributed by atoms with Crippen molar-refractivity contribution in [3.8, 4) is 0 Å². The Labute approximate surface area is 237 Å². The van der Waals surface area contributed by atoms with Crippen LogP contribution in [0, 0.1) is 5.92 Å². The van der Waals surface area contributed by atoms with Crippen molar-refractivity contribution in [2.45, 2.75) is 112 Å². The van der Waals surface area contributed by atoms with Gasteiger partial charge < -0.3 is 36.2 Å². The maximum atomic E-state index is 10.9. The zero-order valence-corrected chi connectivity index (χ0v) is 23.9. The van der Waals surface area contributed by atoms with Crippen LogP contribution in [0.5, 0.6) is 0 Å². The molecule has 11 nitrogen and oxygen atoms in total. The van der Waals surface area contributed by atoms with Gasteiger partial charge in [-0.15, -0.1) is 0 Å². The van der Waals surface area contributed by atoms with Crippen molar-refractivity contribution in [3.05, 3.63) is 23.8 Å². The molecule has 2 saturated carbocycles. The summed E-state index contributed by atoms with van der Waals surface area (Å²) in [7, 11) is 2.12. The van der Waals surface area contributed by atoms with Gasteiger partial charge in [0.2, 0.25) is 0 Å². The molecule has 1 aromatic carbocycles. The second-order valence-corrected chi connectivity index (χ2v) is 13.5. The summed E-state index contributed by atoms with van der Waals surface area (Å²) in [5.74, 6) is 0.722. The van der Waals surface area contributed by atoms with Gasteiger partial charge in [-0.25, -0.2) is 4.90 Å². The van der Waals surface area contributed by atoms with Crippen LogP contribution in [0.1, 0.15) is 57.4 Å². The molecule has 8 atom stereocenters. The third-order valence-electron chi connectivity index (χ3n) is 10.9. The second-order valence-electron chi connectivity index (χ2n) is 13.5. The molecule has 3 saturated heterocycles. The van der Waals surface area contributed by atoms with Gasteiger partial charge in [-0.3, -0.25) is 16.0 Å². The number of hydrogen-bond donors (Lipinski definition) is 8. The van der Waals surface area contributed by atoms with Crippen molar-refractivity contribution < 1.29 is 14.9 Å². The third kappa shape index (κ3) is 4.83. The Hall–Kier alpha value is -1.54. The molecule has 222 valence electrons. The van der Waals surface area contributed by atoms with Crippen LogP contribution in [0.25, 0.3) is 0 Å². The van der Waals surface area contributed by atoms with E-state index in [2.05, 4.69) is 68.6 Å².